The number of anilines is 1. The quantitative estimate of drug-likeness (QED) is 0.767. The van der Waals surface area contributed by atoms with E-state index in [0.717, 1.165) is 22.8 Å². The molecule has 2 heterocycles. The van der Waals surface area contributed by atoms with Crippen LogP contribution in [0, 0.1) is 20.8 Å². The molecule has 4 nitrogen and oxygen atoms in total. The molecule has 22 heavy (non-hydrogen) atoms. The van der Waals surface area contributed by atoms with Gasteiger partial charge in [-0.1, -0.05) is 12.1 Å². The van der Waals surface area contributed by atoms with E-state index in [1.807, 2.05) is 23.0 Å². The third kappa shape index (κ3) is 2.64. The topological polar surface area (TPSA) is 43.0 Å². The number of rotatable bonds is 4. The average Bonchev–Trinajstić information content (AvgIpc) is 3.13. The van der Waals surface area contributed by atoms with Crippen molar-refractivity contribution in [1.82, 2.24) is 9.78 Å². The smallest absolute Gasteiger partial charge is 0.125 e. The summed E-state index contributed by atoms with van der Waals surface area (Å²) in [6.45, 7) is 8.36. The predicted molar refractivity (Wildman–Crippen MR) is 88.5 cm³/mol. The molecule has 0 aliphatic carbocycles. The van der Waals surface area contributed by atoms with Crippen LogP contribution in [-0.4, -0.2) is 9.78 Å². The van der Waals surface area contributed by atoms with Crippen LogP contribution >= 0.6 is 0 Å². The molecule has 0 radical (unpaired) electrons. The van der Waals surface area contributed by atoms with Crippen molar-refractivity contribution in [1.29, 1.82) is 0 Å². The molecule has 0 bridgehead atoms. The molecule has 0 aliphatic rings. The summed E-state index contributed by atoms with van der Waals surface area (Å²) in [6.07, 6.45) is 3.57. The molecular formula is C18H21N3O. The molecule has 0 spiro atoms. The Morgan fingerprint density at radius 3 is 2.73 bits per heavy atom. The van der Waals surface area contributed by atoms with Crippen molar-refractivity contribution in [2.75, 3.05) is 5.32 Å². The second kappa shape index (κ2) is 5.72. The third-order valence-corrected chi connectivity index (χ3v) is 3.94. The Bertz CT molecular complexity index is 772. The van der Waals surface area contributed by atoms with Gasteiger partial charge in [0.2, 0.25) is 0 Å². The molecule has 2 aromatic heterocycles. The van der Waals surface area contributed by atoms with E-state index in [2.05, 4.69) is 56.3 Å². The van der Waals surface area contributed by atoms with Gasteiger partial charge < -0.3 is 9.73 Å². The van der Waals surface area contributed by atoms with Crippen molar-refractivity contribution in [3.05, 3.63) is 65.4 Å². The summed E-state index contributed by atoms with van der Waals surface area (Å²) in [5, 5.41) is 8.01. The van der Waals surface area contributed by atoms with Crippen LogP contribution in [0.25, 0.3) is 5.69 Å². The summed E-state index contributed by atoms with van der Waals surface area (Å²) in [5.41, 5.74) is 5.67. The minimum Gasteiger partial charge on any atom is -0.467 e. The first-order chi connectivity index (χ1) is 10.6. The fraction of sp³-hybridized carbons (Fsp3) is 0.278. The Morgan fingerprint density at radius 2 is 2.00 bits per heavy atom. The van der Waals surface area contributed by atoms with Gasteiger partial charge in [0.15, 0.2) is 0 Å². The molecule has 4 heteroatoms. The van der Waals surface area contributed by atoms with Gasteiger partial charge in [0.1, 0.15) is 5.76 Å². The standard InChI is InChI=1S/C18H21N3O/c1-12-7-8-13(2)17(10-12)21-15(4)16(11-19-21)20-14(3)18-6-5-9-22-18/h5-11,14,20H,1-4H3. The minimum atomic E-state index is 0.102. The SMILES string of the molecule is Cc1ccc(C)c(-n2ncc(NC(C)c3ccco3)c2C)c1. The number of nitrogens with zero attached hydrogens (tertiary/aromatic N) is 2. The van der Waals surface area contributed by atoms with Crippen molar-refractivity contribution < 1.29 is 4.42 Å². The first-order valence-corrected chi connectivity index (χ1v) is 7.48. The highest BCUT2D eigenvalue weighted by atomic mass is 16.3. The zero-order valence-corrected chi connectivity index (χ0v) is 13.4. The third-order valence-electron chi connectivity index (χ3n) is 3.94. The highest BCUT2D eigenvalue weighted by Gasteiger charge is 2.14. The monoisotopic (exact) mass is 295 g/mol. The van der Waals surface area contributed by atoms with Gasteiger partial charge in [-0.3, -0.25) is 0 Å². The zero-order chi connectivity index (χ0) is 15.7. The predicted octanol–water partition coefficient (Wildman–Crippen LogP) is 4.56. The Hall–Kier alpha value is -2.49. The number of aryl methyl sites for hydroxylation is 2. The number of nitrogens with one attached hydrogen (secondary N) is 1. The number of furan rings is 1. The number of hydrogen-bond acceptors (Lipinski definition) is 3. The lowest BCUT2D eigenvalue weighted by molar-refractivity contribution is 0.490. The molecule has 114 valence electrons. The Morgan fingerprint density at radius 1 is 1.18 bits per heavy atom. The number of aromatic nitrogens is 2. The molecule has 3 aromatic rings. The summed E-state index contributed by atoms with van der Waals surface area (Å²) in [5.74, 6) is 0.916. The molecule has 0 saturated carbocycles. The van der Waals surface area contributed by atoms with Crippen LogP contribution in [0.2, 0.25) is 0 Å². The van der Waals surface area contributed by atoms with Crippen LogP contribution in [0.4, 0.5) is 5.69 Å². The maximum atomic E-state index is 5.44. The maximum Gasteiger partial charge on any atom is 0.125 e. The second-order valence-electron chi connectivity index (χ2n) is 5.73. The van der Waals surface area contributed by atoms with Gasteiger partial charge in [-0.2, -0.15) is 5.10 Å². The van der Waals surface area contributed by atoms with Crippen LogP contribution in [0.5, 0.6) is 0 Å². The number of benzene rings is 1. The molecule has 3 rings (SSSR count). The van der Waals surface area contributed by atoms with Gasteiger partial charge in [0.25, 0.3) is 0 Å². The summed E-state index contributed by atoms with van der Waals surface area (Å²) < 4.78 is 7.43. The first kappa shape index (κ1) is 14.4. The van der Waals surface area contributed by atoms with E-state index in [1.54, 1.807) is 6.26 Å². The van der Waals surface area contributed by atoms with Crippen molar-refractivity contribution in [2.45, 2.75) is 33.7 Å². The van der Waals surface area contributed by atoms with Crippen LogP contribution in [0.15, 0.2) is 47.2 Å². The molecule has 1 N–H and O–H groups in total. The summed E-state index contributed by atoms with van der Waals surface area (Å²) in [7, 11) is 0. The van der Waals surface area contributed by atoms with E-state index >= 15 is 0 Å². The molecular weight excluding hydrogens is 274 g/mol. The number of hydrogen-bond donors (Lipinski definition) is 1. The minimum absolute atomic E-state index is 0.102. The van der Waals surface area contributed by atoms with Crippen LogP contribution in [-0.2, 0) is 0 Å². The zero-order valence-electron chi connectivity index (χ0n) is 13.4. The lowest BCUT2D eigenvalue weighted by Gasteiger charge is -2.13. The van der Waals surface area contributed by atoms with Gasteiger partial charge >= 0.3 is 0 Å². The van der Waals surface area contributed by atoms with E-state index < -0.39 is 0 Å². The van der Waals surface area contributed by atoms with Gasteiger partial charge in [0.05, 0.1) is 35.6 Å². The van der Waals surface area contributed by atoms with Crippen LogP contribution < -0.4 is 5.32 Å². The van der Waals surface area contributed by atoms with E-state index in [0.29, 0.717) is 0 Å². The molecule has 1 unspecified atom stereocenters. The molecule has 1 atom stereocenters. The van der Waals surface area contributed by atoms with Crippen LogP contribution in [0.3, 0.4) is 0 Å². The maximum absolute atomic E-state index is 5.44. The average molecular weight is 295 g/mol. The Labute approximate surface area is 130 Å². The lowest BCUT2D eigenvalue weighted by Crippen LogP contribution is -2.07. The van der Waals surface area contributed by atoms with Gasteiger partial charge in [-0.15, -0.1) is 0 Å². The van der Waals surface area contributed by atoms with E-state index in [-0.39, 0.29) is 6.04 Å². The second-order valence-corrected chi connectivity index (χ2v) is 5.73. The lowest BCUT2D eigenvalue weighted by atomic mass is 10.1. The van der Waals surface area contributed by atoms with E-state index in [9.17, 15) is 0 Å². The largest absolute Gasteiger partial charge is 0.467 e. The van der Waals surface area contributed by atoms with Crippen molar-refractivity contribution >= 4 is 5.69 Å². The van der Waals surface area contributed by atoms with Gasteiger partial charge in [-0.25, -0.2) is 4.68 Å². The summed E-state index contributed by atoms with van der Waals surface area (Å²) in [6, 6.07) is 10.4. The fourth-order valence-corrected chi connectivity index (χ4v) is 2.58. The molecule has 1 aromatic carbocycles. The highest BCUT2D eigenvalue weighted by Crippen LogP contribution is 2.25. The Balaban J connectivity index is 1.90. The summed E-state index contributed by atoms with van der Waals surface area (Å²) >= 11 is 0. The summed E-state index contributed by atoms with van der Waals surface area (Å²) in [4.78, 5) is 0. The van der Waals surface area contributed by atoms with E-state index in [1.165, 1.54) is 11.1 Å². The van der Waals surface area contributed by atoms with E-state index in [4.69, 9.17) is 4.42 Å². The molecule has 0 amide bonds. The Kier molecular flexibility index (Phi) is 3.75. The van der Waals surface area contributed by atoms with Gasteiger partial charge in [0, 0.05) is 0 Å². The molecule has 0 saturated heterocycles. The normalized spacial score (nSPS) is 12.4. The van der Waals surface area contributed by atoms with Crippen molar-refractivity contribution in [3.63, 3.8) is 0 Å². The molecule has 0 aliphatic heterocycles. The van der Waals surface area contributed by atoms with Crippen molar-refractivity contribution in [2.24, 2.45) is 0 Å². The van der Waals surface area contributed by atoms with Crippen molar-refractivity contribution in [3.8, 4) is 5.69 Å². The fourth-order valence-electron chi connectivity index (χ4n) is 2.58. The van der Waals surface area contributed by atoms with Crippen LogP contribution in [0.1, 0.15) is 35.5 Å². The molecule has 0 fully saturated rings. The van der Waals surface area contributed by atoms with Gasteiger partial charge in [-0.05, 0) is 57.0 Å². The highest BCUT2D eigenvalue weighted by molar-refractivity contribution is 5.52. The first-order valence-electron chi connectivity index (χ1n) is 7.48.